The molecule has 0 aromatic heterocycles. The van der Waals surface area contributed by atoms with Crippen molar-refractivity contribution in [2.75, 3.05) is 0 Å². The first-order chi connectivity index (χ1) is 6.99. The van der Waals surface area contributed by atoms with Crippen molar-refractivity contribution in [3.05, 3.63) is 36.5 Å². The molecule has 2 aliphatic carbocycles. The monoisotopic (exact) mass is 202 g/mol. The summed E-state index contributed by atoms with van der Waals surface area (Å²) in [6.07, 6.45) is 12.7. The lowest BCUT2D eigenvalue weighted by atomic mass is 9.63. The maximum atomic E-state index is 6.27. The van der Waals surface area contributed by atoms with Crippen molar-refractivity contribution in [3.8, 4) is 0 Å². The Bertz CT molecular complexity index is 363. The van der Waals surface area contributed by atoms with Crippen LogP contribution in [0.5, 0.6) is 0 Å². The van der Waals surface area contributed by atoms with E-state index in [9.17, 15) is 0 Å². The van der Waals surface area contributed by atoms with Crippen LogP contribution in [-0.2, 0) is 0 Å². The topological polar surface area (TPSA) is 38.4 Å². The zero-order chi connectivity index (χ0) is 11.1. The third-order valence-electron chi connectivity index (χ3n) is 3.65. The van der Waals surface area contributed by atoms with Gasteiger partial charge in [-0.05, 0) is 20.6 Å². The van der Waals surface area contributed by atoms with Crippen molar-refractivity contribution in [2.24, 2.45) is 22.6 Å². The summed E-state index contributed by atoms with van der Waals surface area (Å²) in [6.45, 7) is 7.86. The molecule has 4 unspecified atom stereocenters. The molecule has 0 heterocycles. The molecule has 0 aliphatic heterocycles. The van der Waals surface area contributed by atoms with Gasteiger partial charge >= 0.3 is 0 Å². The average molecular weight is 202 g/mol. The van der Waals surface area contributed by atoms with Crippen molar-refractivity contribution in [1.82, 2.24) is 0 Å². The molecule has 2 aliphatic rings. The second-order valence-electron chi connectivity index (χ2n) is 4.90. The van der Waals surface area contributed by atoms with E-state index in [0.717, 1.165) is 0 Å². The van der Waals surface area contributed by atoms with Crippen LogP contribution >= 0.6 is 0 Å². The predicted octanol–water partition coefficient (Wildman–Crippen LogP) is 2.09. The molecule has 2 nitrogen and oxygen atoms in total. The second kappa shape index (κ2) is 3.17. The minimum atomic E-state index is -0.282. The number of nitrogens with zero attached hydrogens (tertiary/aromatic N) is 1. The van der Waals surface area contributed by atoms with E-state index in [1.54, 1.807) is 0 Å². The molecular weight excluding hydrogens is 184 g/mol. The first-order valence-corrected chi connectivity index (χ1v) is 5.32. The van der Waals surface area contributed by atoms with Gasteiger partial charge in [0.1, 0.15) is 0 Å². The van der Waals surface area contributed by atoms with E-state index >= 15 is 0 Å². The van der Waals surface area contributed by atoms with Crippen LogP contribution in [0.3, 0.4) is 0 Å². The van der Waals surface area contributed by atoms with Gasteiger partial charge in [-0.25, -0.2) is 0 Å². The summed E-state index contributed by atoms with van der Waals surface area (Å²) < 4.78 is 0. The van der Waals surface area contributed by atoms with Crippen LogP contribution in [-0.4, -0.2) is 17.8 Å². The highest BCUT2D eigenvalue weighted by Crippen LogP contribution is 2.42. The molecule has 2 rings (SSSR count). The largest absolute Gasteiger partial charge is 0.322 e. The summed E-state index contributed by atoms with van der Waals surface area (Å²) in [5, 5.41) is 0. The van der Waals surface area contributed by atoms with Crippen LogP contribution in [0.1, 0.15) is 13.8 Å². The Morgan fingerprint density at radius 2 is 1.73 bits per heavy atom. The molecule has 0 amide bonds. The Kier molecular flexibility index (Phi) is 2.19. The van der Waals surface area contributed by atoms with Gasteiger partial charge in [-0.1, -0.05) is 36.5 Å². The molecule has 0 aromatic carbocycles. The SMILES string of the molecule is C=NC1(C)C=CC(C)(N)C2C=CC=CC21. The Morgan fingerprint density at radius 3 is 2.33 bits per heavy atom. The van der Waals surface area contributed by atoms with Crippen molar-refractivity contribution in [3.63, 3.8) is 0 Å². The smallest absolute Gasteiger partial charge is 0.0821 e. The quantitative estimate of drug-likeness (QED) is 0.513. The molecule has 4 atom stereocenters. The summed E-state index contributed by atoms with van der Waals surface area (Å²) in [6, 6.07) is 0. The van der Waals surface area contributed by atoms with E-state index in [1.165, 1.54) is 0 Å². The number of hydrogen-bond acceptors (Lipinski definition) is 2. The lowest BCUT2D eigenvalue weighted by Gasteiger charge is -2.46. The van der Waals surface area contributed by atoms with Crippen molar-refractivity contribution < 1.29 is 0 Å². The minimum Gasteiger partial charge on any atom is -0.322 e. The van der Waals surface area contributed by atoms with E-state index in [-0.39, 0.29) is 11.1 Å². The van der Waals surface area contributed by atoms with Crippen molar-refractivity contribution in [1.29, 1.82) is 0 Å². The average Bonchev–Trinajstić information content (AvgIpc) is 2.25. The summed E-state index contributed by atoms with van der Waals surface area (Å²) in [7, 11) is 0. The Balaban J connectivity index is 2.49. The van der Waals surface area contributed by atoms with E-state index in [0.29, 0.717) is 11.8 Å². The third kappa shape index (κ3) is 1.49. The molecule has 80 valence electrons. The Labute approximate surface area is 91.3 Å². The maximum Gasteiger partial charge on any atom is 0.0821 e. The van der Waals surface area contributed by atoms with Gasteiger partial charge in [-0.3, -0.25) is 4.99 Å². The number of fused-ring (bicyclic) bond motifs is 1. The highest BCUT2D eigenvalue weighted by atomic mass is 14.9. The van der Waals surface area contributed by atoms with Gasteiger partial charge in [0.25, 0.3) is 0 Å². The lowest BCUT2D eigenvalue weighted by molar-refractivity contribution is 0.247. The second-order valence-corrected chi connectivity index (χ2v) is 4.90. The zero-order valence-corrected chi connectivity index (χ0v) is 9.35. The highest BCUT2D eigenvalue weighted by molar-refractivity contribution is 5.37. The van der Waals surface area contributed by atoms with Crippen LogP contribution in [0.2, 0.25) is 0 Å². The van der Waals surface area contributed by atoms with E-state index < -0.39 is 0 Å². The maximum absolute atomic E-state index is 6.27. The fraction of sp³-hybridized carbons (Fsp3) is 0.462. The van der Waals surface area contributed by atoms with Gasteiger partial charge in [0.2, 0.25) is 0 Å². The van der Waals surface area contributed by atoms with Gasteiger partial charge in [0, 0.05) is 17.4 Å². The fourth-order valence-corrected chi connectivity index (χ4v) is 2.49. The molecule has 0 saturated heterocycles. The molecule has 0 bridgehead atoms. The van der Waals surface area contributed by atoms with Crippen LogP contribution in [0.15, 0.2) is 41.4 Å². The van der Waals surface area contributed by atoms with Crippen LogP contribution < -0.4 is 5.73 Å². The molecule has 0 saturated carbocycles. The molecule has 0 fully saturated rings. The molecule has 0 radical (unpaired) electrons. The fourth-order valence-electron chi connectivity index (χ4n) is 2.49. The third-order valence-corrected chi connectivity index (χ3v) is 3.65. The first kappa shape index (κ1) is 10.4. The first-order valence-electron chi connectivity index (χ1n) is 5.32. The summed E-state index contributed by atoms with van der Waals surface area (Å²) >= 11 is 0. The molecule has 2 heteroatoms. The van der Waals surface area contributed by atoms with E-state index in [4.69, 9.17) is 5.73 Å². The zero-order valence-electron chi connectivity index (χ0n) is 9.35. The number of rotatable bonds is 1. The van der Waals surface area contributed by atoms with Gasteiger partial charge in [0.15, 0.2) is 0 Å². The summed E-state index contributed by atoms with van der Waals surface area (Å²) in [5.74, 6) is 0.628. The molecule has 0 aromatic rings. The van der Waals surface area contributed by atoms with E-state index in [2.05, 4.69) is 62.0 Å². The van der Waals surface area contributed by atoms with Crippen molar-refractivity contribution in [2.45, 2.75) is 24.9 Å². The van der Waals surface area contributed by atoms with Gasteiger partial charge < -0.3 is 5.73 Å². The Morgan fingerprint density at radius 1 is 1.13 bits per heavy atom. The normalized spacial score (nSPS) is 47.7. The number of aliphatic imine (C=N–C) groups is 1. The predicted molar refractivity (Wildman–Crippen MR) is 64.9 cm³/mol. The summed E-state index contributed by atoms with van der Waals surface area (Å²) in [5.41, 5.74) is 5.78. The van der Waals surface area contributed by atoms with Gasteiger partial charge in [-0.15, -0.1) is 0 Å². The molecule has 0 spiro atoms. The molecule has 2 N–H and O–H groups in total. The van der Waals surface area contributed by atoms with Gasteiger partial charge in [-0.2, -0.15) is 0 Å². The highest BCUT2D eigenvalue weighted by Gasteiger charge is 2.44. The van der Waals surface area contributed by atoms with E-state index in [1.807, 2.05) is 0 Å². The minimum absolute atomic E-state index is 0.217. The summed E-state index contributed by atoms with van der Waals surface area (Å²) in [4.78, 5) is 4.25. The van der Waals surface area contributed by atoms with Crippen LogP contribution in [0.4, 0.5) is 0 Å². The molecular formula is C13H18N2. The standard InChI is InChI=1S/C13H18N2/c1-12(14)8-9-13(2,15-3)11-7-5-4-6-10(11)12/h4-11H,3,14H2,1-2H3. The number of nitrogens with two attached hydrogens (primary N) is 1. The van der Waals surface area contributed by atoms with Crippen LogP contribution in [0.25, 0.3) is 0 Å². The number of allylic oxidation sites excluding steroid dienone is 2. The van der Waals surface area contributed by atoms with Crippen molar-refractivity contribution >= 4 is 6.72 Å². The lowest BCUT2D eigenvalue weighted by Crippen LogP contribution is -2.53. The molecule has 15 heavy (non-hydrogen) atoms. The Hall–Kier alpha value is -1.15. The number of hydrogen-bond donors (Lipinski definition) is 1. The van der Waals surface area contributed by atoms with Crippen LogP contribution in [0, 0.1) is 11.8 Å². The van der Waals surface area contributed by atoms with Gasteiger partial charge in [0.05, 0.1) is 5.54 Å².